The van der Waals surface area contributed by atoms with Gasteiger partial charge in [-0.1, -0.05) is 24.8 Å². The number of pyridine rings is 1. The molecule has 0 radical (unpaired) electrons. The van der Waals surface area contributed by atoms with Gasteiger partial charge in [-0.05, 0) is 30.0 Å². The van der Waals surface area contributed by atoms with Gasteiger partial charge in [0, 0.05) is 16.6 Å². The Hall–Kier alpha value is -2.16. The van der Waals surface area contributed by atoms with Crippen LogP contribution in [0.4, 0.5) is 0 Å². The summed E-state index contributed by atoms with van der Waals surface area (Å²) in [6.45, 7) is 2.35. The number of amides is 1. The lowest BCUT2D eigenvalue weighted by molar-refractivity contribution is 0.0931. The Morgan fingerprint density at radius 1 is 1.48 bits per heavy atom. The van der Waals surface area contributed by atoms with Crippen LogP contribution in [0.1, 0.15) is 40.3 Å². The van der Waals surface area contributed by atoms with Crippen LogP contribution in [-0.2, 0) is 0 Å². The van der Waals surface area contributed by atoms with Crippen molar-refractivity contribution in [2.45, 2.75) is 19.4 Å². The summed E-state index contributed by atoms with van der Waals surface area (Å²) in [4.78, 5) is 17.5. The number of carbonyl (C=O) groups excluding carboxylic acids is 1. The molecule has 0 aliphatic carbocycles. The van der Waals surface area contributed by atoms with Gasteiger partial charge in [-0.15, -0.1) is 11.3 Å². The largest absolute Gasteiger partial charge is 0.343 e. The first-order chi connectivity index (χ1) is 10.2. The highest BCUT2D eigenvalue weighted by atomic mass is 32.1. The molecule has 108 valence electrons. The molecule has 2 aromatic heterocycles. The predicted octanol–water partition coefficient (Wildman–Crippen LogP) is 2.33. The fraction of sp³-hybridized carbons (Fsp3) is 0.250. The first kappa shape index (κ1) is 15.2. The van der Waals surface area contributed by atoms with Crippen molar-refractivity contribution in [2.75, 3.05) is 6.54 Å². The molecule has 0 aliphatic heterocycles. The van der Waals surface area contributed by atoms with Crippen molar-refractivity contribution in [3.05, 3.63) is 52.0 Å². The Kier molecular flexibility index (Phi) is 5.50. The topological polar surface area (TPSA) is 68.0 Å². The number of carbonyl (C=O) groups is 1. The summed E-state index contributed by atoms with van der Waals surface area (Å²) in [5, 5.41) is 5.01. The summed E-state index contributed by atoms with van der Waals surface area (Å²) in [5.74, 6) is 5.46. The summed E-state index contributed by atoms with van der Waals surface area (Å²) in [6, 6.07) is 7.49. The van der Waals surface area contributed by atoms with E-state index < -0.39 is 0 Å². The number of nitrogens with two attached hydrogens (primary N) is 1. The van der Waals surface area contributed by atoms with Crippen molar-refractivity contribution < 1.29 is 4.79 Å². The molecular formula is C16H17N3OS. The monoisotopic (exact) mass is 299 g/mol. The Balaban J connectivity index is 2.06. The number of nitrogens with one attached hydrogen (secondary N) is 1. The molecule has 1 atom stereocenters. The predicted molar refractivity (Wildman–Crippen MR) is 85.0 cm³/mol. The van der Waals surface area contributed by atoms with Gasteiger partial charge < -0.3 is 11.1 Å². The van der Waals surface area contributed by atoms with Gasteiger partial charge >= 0.3 is 0 Å². The van der Waals surface area contributed by atoms with Crippen LogP contribution in [0.3, 0.4) is 0 Å². The molecule has 0 saturated carbocycles. The van der Waals surface area contributed by atoms with Crippen LogP contribution in [0.15, 0.2) is 35.8 Å². The van der Waals surface area contributed by atoms with Gasteiger partial charge in [0.15, 0.2) is 0 Å². The van der Waals surface area contributed by atoms with Gasteiger partial charge in [0.1, 0.15) is 5.69 Å². The Bertz CT molecular complexity index is 638. The van der Waals surface area contributed by atoms with Crippen molar-refractivity contribution >= 4 is 17.2 Å². The minimum atomic E-state index is -0.173. The number of nitrogens with zero attached hydrogens (tertiary/aromatic N) is 1. The van der Waals surface area contributed by atoms with E-state index in [-0.39, 0.29) is 11.9 Å². The molecule has 21 heavy (non-hydrogen) atoms. The maximum atomic E-state index is 12.2. The fourth-order valence-electron chi connectivity index (χ4n) is 1.85. The smallest absolute Gasteiger partial charge is 0.270 e. The highest BCUT2D eigenvalue weighted by Crippen LogP contribution is 2.21. The van der Waals surface area contributed by atoms with Crippen LogP contribution in [0, 0.1) is 11.8 Å². The second-order valence-corrected chi connectivity index (χ2v) is 5.37. The first-order valence-corrected chi connectivity index (χ1v) is 7.61. The molecule has 3 N–H and O–H groups in total. The number of hydrogen-bond donors (Lipinski definition) is 2. The van der Waals surface area contributed by atoms with Crippen LogP contribution in [0.2, 0.25) is 0 Å². The summed E-state index contributed by atoms with van der Waals surface area (Å²) in [6.07, 6.45) is 2.43. The van der Waals surface area contributed by atoms with Crippen LogP contribution in [0.5, 0.6) is 0 Å². The Labute approximate surface area is 128 Å². The molecule has 0 aromatic carbocycles. The van der Waals surface area contributed by atoms with Gasteiger partial charge in [0.25, 0.3) is 5.91 Å². The van der Waals surface area contributed by atoms with Crippen molar-refractivity contribution in [1.29, 1.82) is 0 Å². The third-order valence-corrected chi connectivity index (χ3v) is 3.92. The van der Waals surface area contributed by atoms with Gasteiger partial charge in [-0.2, -0.15) is 0 Å². The molecule has 4 nitrogen and oxygen atoms in total. The van der Waals surface area contributed by atoms with Crippen molar-refractivity contribution in [2.24, 2.45) is 5.73 Å². The van der Waals surface area contributed by atoms with E-state index in [1.54, 1.807) is 29.7 Å². The van der Waals surface area contributed by atoms with E-state index in [0.29, 0.717) is 12.2 Å². The molecule has 0 aliphatic rings. The number of rotatable bonds is 4. The maximum absolute atomic E-state index is 12.2. The molecule has 1 unspecified atom stereocenters. The number of hydrogen-bond acceptors (Lipinski definition) is 4. The molecule has 2 rings (SSSR count). The normalized spacial score (nSPS) is 11.3. The summed E-state index contributed by atoms with van der Waals surface area (Å²) >= 11 is 1.64. The second kappa shape index (κ2) is 7.58. The zero-order valence-electron chi connectivity index (χ0n) is 11.8. The van der Waals surface area contributed by atoms with Crippen molar-refractivity contribution in [3.8, 4) is 11.8 Å². The highest BCUT2D eigenvalue weighted by Gasteiger charge is 2.15. The van der Waals surface area contributed by atoms with E-state index in [4.69, 9.17) is 5.73 Å². The number of thiophene rings is 1. The standard InChI is InChI=1S/C16H17N3OS/c1-2-13(15-6-4-10-21-15)19-16(20)14-8-7-12(11-18-14)5-3-9-17/h4,6-8,10-11,13H,2,9,17H2,1H3,(H,19,20). The van der Waals surface area contributed by atoms with E-state index in [0.717, 1.165) is 16.9 Å². The van der Waals surface area contributed by atoms with Gasteiger partial charge in [0.05, 0.1) is 12.6 Å². The molecule has 2 aromatic rings. The van der Waals surface area contributed by atoms with Gasteiger partial charge in [0.2, 0.25) is 0 Å². The molecule has 0 fully saturated rings. The quantitative estimate of drug-likeness (QED) is 0.851. The second-order valence-electron chi connectivity index (χ2n) is 4.39. The zero-order chi connectivity index (χ0) is 15.1. The minimum absolute atomic E-state index is 0.0241. The summed E-state index contributed by atoms with van der Waals surface area (Å²) in [5.41, 5.74) is 6.46. The minimum Gasteiger partial charge on any atom is -0.343 e. The van der Waals surface area contributed by atoms with Crippen LogP contribution >= 0.6 is 11.3 Å². The van der Waals surface area contributed by atoms with Crippen LogP contribution in [-0.4, -0.2) is 17.4 Å². The average molecular weight is 299 g/mol. The zero-order valence-corrected chi connectivity index (χ0v) is 12.6. The SMILES string of the molecule is CCC(NC(=O)c1ccc(C#CCN)cn1)c1cccs1. The Morgan fingerprint density at radius 3 is 2.90 bits per heavy atom. The summed E-state index contributed by atoms with van der Waals surface area (Å²) in [7, 11) is 0. The molecular weight excluding hydrogens is 282 g/mol. The lowest BCUT2D eigenvalue weighted by atomic mass is 10.1. The molecule has 5 heteroatoms. The lowest BCUT2D eigenvalue weighted by Crippen LogP contribution is -2.28. The fourth-order valence-corrected chi connectivity index (χ4v) is 2.71. The lowest BCUT2D eigenvalue weighted by Gasteiger charge is -2.15. The van der Waals surface area contributed by atoms with Crippen molar-refractivity contribution in [3.63, 3.8) is 0 Å². The van der Waals surface area contributed by atoms with E-state index in [2.05, 4.69) is 22.1 Å². The highest BCUT2D eigenvalue weighted by molar-refractivity contribution is 7.10. The van der Waals surface area contributed by atoms with E-state index >= 15 is 0 Å². The van der Waals surface area contributed by atoms with E-state index in [9.17, 15) is 4.79 Å². The van der Waals surface area contributed by atoms with Crippen molar-refractivity contribution in [1.82, 2.24) is 10.3 Å². The molecule has 0 spiro atoms. The molecule has 0 bridgehead atoms. The van der Waals surface area contributed by atoms with Gasteiger partial charge in [-0.25, -0.2) is 4.98 Å². The third-order valence-electron chi connectivity index (χ3n) is 2.93. The molecule has 2 heterocycles. The van der Waals surface area contributed by atoms with E-state index in [1.807, 2.05) is 24.4 Å². The molecule has 1 amide bonds. The van der Waals surface area contributed by atoms with E-state index in [1.165, 1.54) is 0 Å². The van der Waals surface area contributed by atoms with Crippen LogP contribution in [0.25, 0.3) is 0 Å². The Morgan fingerprint density at radius 2 is 2.33 bits per heavy atom. The maximum Gasteiger partial charge on any atom is 0.270 e. The van der Waals surface area contributed by atoms with Crippen LogP contribution < -0.4 is 11.1 Å². The average Bonchev–Trinajstić information content (AvgIpc) is 3.05. The molecule has 0 saturated heterocycles. The van der Waals surface area contributed by atoms with Gasteiger partial charge in [-0.3, -0.25) is 4.79 Å². The first-order valence-electron chi connectivity index (χ1n) is 6.73. The number of aromatic nitrogens is 1. The third kappa shape index (κ3) is 4.15. The summed E-state index contributed by atoms with van der Waals surface area (Å²) < 4.78 is 0.